The lowest BCUT2D eigenvalue weighted by Crippen LogP contribution is -2.28. The Morgan fingerprint density at radius 1 is 0.230 bits per heavy atom. The van der Waals surface area contributed by atoms with Crippen LogP contribution in [-0.4, -0.2) is 15.0 Å². The van der Waals surface area contributed by atoms with Crippen LogP contribution in [0.25, 0.3) is 78.7 Å². The molecule has 0 saturated heterocycles. The van der Waals surface area contributed by atoms with Crippen molar-refractivity contribution in [3.8, 4) is 78.7 Å². The molecule has 1 heterocycles. The average molecular weight is 778 g/mol. The molecule has 10 aromatic rings. The summed E-state index contributed by atoms with van der Waals surface area (Å²) in [5.41, 5.74) is 16.7. The number of fused-ring (bicyclic) bond motifs is 3. The number of rotatable bonds is 8. The topological polar surface area (TPSA) is 38.7 Å². The third-order valence-corrected chi connectivity index (χ3v) is 12.0. The highest BCUT2D eigenvalue weighted by Gasteiger charge is 2.46. The quantitative estimate of drug-likeness (QED) is 0.154. The lowest BCUT2D eigenvalue weighted by molar-refractivity contribution is 0.769. The zero-order chi connectivity index (χ0) is 40.6. The van der Waals surface area contributed by atoms with Crippen LogP contribution in [0.1, 0.15) is 22.3 Å². The van der Waals surface area contributed by atoms with Crippen LogP contribution in [-0.2, 0) is 5.41 Å². The van der Waals surface area contributed by atoms with Crippen molar-refractivity contribution in [3.63, 3.8) is 0 Å². The molecule has 3 nitrogen and oxygen atoms in total. The van der Waals surface area contributed by atoms with Gasteiger partial charge in [0.25, 0.3) is 0 Å². The van der Waals surface area contributed by atoms with E-state index in [1.165, 1.54) is 44.5 Å². The molecule has 1 aromatic heterocycles. The highest BCUT2D eigenvalue weighted by molar-refractivity contribution is 5.89. The second-order valence-electron chi connectivity index (χ2n) is 15.6. The van der Waals surface area contributed by atoms with Gasteiger partial charge in [0.1, 0.15) is 0 Å². The predicted molar refractivity (Wildman–Crippen MR) is 250 cm³/mol. The first kappa shape index (κ1) is 36.1. The van der Waals surface area contributed by atoms with Crippen molar-refractivity contribution in [2.45, 2.75) is 5.41 Å². The molecule has 0 N–H and O–H groups in total. The number of benzene rings is 9. The second kappa shape index (κ2) is 15.3. The third-order valence-electron chi connectivity index (χ3n) is 12.0. The summed E-state index contributed by atoms with van der Waals surface area (Å²) in [6.45, 7) is 0. The van der Waals surface area contributed by atoms with Gasteiger partial charge in [-0.15, -0.1) is 0 Å². The van der Waals surface area contributed by atoms with Gasteiger partial charge in [0.05, 0.1) is 5.41 Å². The molecule has 11 rings (SSSR count). The summed E-state index contributed by atoms with van der Waals surface area (Å²) < 4.78 is 0. The fraction of sp³-hybridized carbons (Fsp3) is 0.0172. The second-order valence-corrected chi connectivity index (χ2v) is 15.6. The summed E-state index contributed by atoms with van der Waals surface area (Å²) in [5, 5.41) is 0. The zero-order valence-electron chi connectivity index (χ0n) is 33.4. The summed E-state index contributed by atoms with van der Waals surface area (Å²) in [5.74, 6) is 1.88. The molecular weight excluding hydrogens is 739 g/mol. The Morgan fingerprint density at radius 2 is 0.590 bits per heavy atom. The molecule has 0 bridgehead atoms. The van der Waals surface area contributed by atoms with Crippen molar-refractivity contribution in [2.24, 2.45) is 0 Å². The van der Waals surface area contributed by atoms with Crippen LogP contribution >= 0.6 is 0 Å². The van der Waals surface area contributed by atoms with Gasteiger partial charge in [-0.1, -0.05) is 212 Å². The maximum absolute atomic E-state index is 5.20. The van der Waals surface area contributed by atoms with Gasteiger partial charge in [-0.05, 0) is 91.0 Å². The summed E-state index contributed by atoms with van der Waals surface area (Å²) >= 11 is 0. The minimum absolute atomic E-state index is 0.479. The van der Waals surface area contributed by atoms with Crippen molar-refractivity contribution in [1.82, 2.24) is 15.0 Å². The average Bonchev–Trinajstić information content (AvgIpc) is 3.65. The Morgan fingerprint density at radius 3 is 1.13 bits per heavy atom. The molecule has 3 heteroatoms. The zero-order valence-corrected chi connectivity index (χ0v) is 33.4. The van der Waals surface area contributed by atoms with Gasteiger partial charge in [-0.3, -0.25) is 0 Å². The van der Waals surface area contributed by atoms with E-state index < -0.39 is 5.41 Å². The summed E-state index contributed by atoms with van der Waals surface area (Å²) in [7, 11) is 0. The lowest BCUT2D eigenvalue weighted by Gasteiger charge is -2.34. The summed E-state index contributed by atoms with van der Waals surface area (Å²) in [6, 6.07) is 84.2. The molecule has 9 aromatic carbocycles. The molecule has 0 saturated carbocycles. The van der Waals surface area contributed by atoms with E-state index in [2.05, 4.69) is 212 Å². The smallest absolute Gasteiger partial charge is 0.164 e. The normalized spacial score (nSPS) is 12.4. The molecule has 0 unspecified atom stereocenters. The molecule has 0 fully saturated rings. The van der Waals surface area contributed by atoms with Crippen molar-refractivity contribution in [2.75, 3.05) is 0 Å². The molecule has 61 heavy (non-hydrogen) atoms. The molecule has 0 spiro atoms. The highest BCUT2D eigenvalue weighted by atomic mass is 15.0. The van der Waals surface area contributed by atoms with Crippen LogP contribution < -0.4 is 0 Å². The third kappa shape index (κ3) is 6.44. The minimum Gasteiger partial charge on any atom is -0.208 e. The van der Waals surface area contributed by atoms with Crippen molar-refractivity contribution < 1.29 is 0 Å². The van der Waals surface area contributed by atoms with Crippen LogP contribution in [0.4, 0.5) is 0 Å². The Labute approximate surface area is 356 Å². The van der Waals surface area contributed by atoms with Crippen molar-refractivity contribution in [3.05, 3.63) is 259 Å². The van der Waals surface area contributed by atoms with Gasteiger partial charge in [0.15, 0.2) is 17.5 Å². The standard InChI is InChI=1S/C58H39N3/c1-5-18-40(19-6-1)42-22-15-23-43(36-42)44-24-16-26-47(37-44)56-59-55(41-20-7-2-8-21-41)60-57(61-56)48-27-17-25-45(38-48)46-34-35-52-51-32-13-14-33-53(51)58(54(52)39-46,49-28-9-3-10-29-49)50-30-11-4-12-31-50/h1-39H. The molecule has 0 aliphatic heterocycles. The Balaban J connectivity index is 1.03. The van der Waals surface area contributed by atoms with Gasteiger partial charge in [-0.25, -0.2) is 15.0 Å². The first-order chi connectivity index (χ1) is 30.2. The van der Waals surface area contributed by atoms with E-state index in [0.717, 1.165) is 38.9 Å². The fourth-order valence-corrected chi connectivity index (χ4v) is 9.16. The molecule has 0 atom stereocenters. The molecule has 0 amide bonds. The van der Waals surface area contributed by atoms with E-state index >= 15 is 0 Å². The molecule has 1 aliphatic carbocycles. The van der Waals surface area contributed by atoms with E-state index in [0.29, 0.717) is 17.5 Å². The van der Waals surface area contributed by atoms with Crippen LogP contribution in [0.3, 0.4) is 0 Å². The Hall–Kier alpha value is -8.01. The maximum atomic E-state index is 5.20. The van der Waals surface area contributed by atoms with Crippen LogP contribution in [0.15, 0.2) is 237 Å². The summed E-state index contributed by atoms with van der Waals surface area (Å²) in [4.78, 5) is 15.4. The van der Waals surface area contributed by atoms with E-state index in [1.54, 1.807) is 0 Å². The summed E-state index contributed by atoms with van der Waals surface area (Å²) in [6.07, 6.45) is 0. The first-order valence-corrected chi connectivity index (χ1v) is 20.8. The Bertz CT molecular complexity index is 3140. The number of aromatic nitrogens is 3. The van der Waals surface area contributed by atoms with Crippen molar-refractivity contribution in [1.29, 1.82) is 0 Å². The lowest BCUT2D eigenvalue weighted by atomic mass is 9.67. The van der Waals surface area contributed by atoms with Crippen LogP contribution in [0, 0.1) is 0 Å². The van der Waals surface area contributed by atoms with E-state index in [9.17, 15) is 0 Å². The number of hydrogen-bond donors (Lipinski definition) is 0. The molecule has 286 valence electrons. The van der Waals surface area contributed by atoms with Gasteiger partial charge in [0.2, 0.25) is 0 Å². The van der Waals surface area contributed by atoms with E-state index in [1.807, 2.05) is 24.3 Å². The van der Waals surface area contributed by atoms with Gasteiger partial charge < -0.3 is 0 Å². The SMILES string of the molecule is c1ccc(-c2cccc(-c3cccc(-c4nc(-c5ccccc5)nc(-c5cccc(-c6ccc7c(c6)C(c6ccccc6)(c6ccccc6)c6ccccc6-7)c5)n4)c3)c2)cc1. The maximum Gasteiger partial charge on any atom is 0.164 e. The van der Waals surface area contributed by atoms with Crippen molar-refractivity contribution >= 4 is 0 Å². The largest absolute Gasteiger partial charge is 0.208 e. The van der Waals surface area contributed by atoms with E-state index in [4.69, 9.17) is 15.0 Å². The predicted octanol–water partition coefficient (Wildman–Crippen LogP) is 14.2. The molecular formula is C58H39N3. The number of hydrogen-bond acceptors (Lipinski definition) is 3. The fourth-order valence-electron chi connectivity index (χ4n) is 9.16. The monoisotopic (exact) mass is 777 g/mol. The van der Waals surface area contributed by atoms with Crippen LogP contribution in [0.5, 0.6) is 0 Å². The van der Waals surface area contributed by atoms with Gasteiger partial charge in [-0.2, -0.15) is 0 Å². The van der Waals surface area contributed by atoms with Gasteiger partial charge >= 0.3 is 0 Å². The number of nitrogens with zero attached hydrogens (tertiary/aromatic N) is 3. The minimum atomic E-state index is -0.479. The first-order valence-electron chi connectivity index (χ1n) is 20.8. The van der Waals surface area contributed by atoms with Crippen LogP contribution in [0.2, 0.25) is 0 Å². The van der Waals surface area contributed by atoms with E-state index in [-0.39, 0.29) is 0 Å². The van der Waals surface area contributed by atoms with Gasteiger partial charge in [0, 0.05) is 16.7 Å². The highest BCUT2D eigenvalue weighted by Crippen LogP contribution is 2.56. The molecule has 1 aliphatic rings. The Kier molecular flexibility index (Phi) is 9.05. The molecule has 0 radical (unpaired) electrons.